The van der Waals surface area contributed by atoms with Crippen LogP contribution in [0.5, 0.6) is 0 Å². The molecule has 0 aliphatic heterocycles. The highest BCUT2D eigenvalue weighted by molar-refractivity contribution is 5.89. The van der Waals surface area contributed by atoms with Crippen molar-refractivity contribution in [2.45, 2.75) is 39.2 Å². The predicted octanol–water partition coefficient (Wildman–Crippen LogP) is 2.72. The SMILES string of the molecule is Cc1c(-c2ncnc3[nH]ccc23)nnn1CC1CCCC1. The van der Waals surface area contributed by atoms with E-state index in [1.807, 2.05) is 16.9 Å². The minimum Gasteiger partial charge on any atom is -0.346 e. The molecule has 3 aromatic rings. The maximum atomic E-state index is 4.41. The monoisotopic (exact) mass is 282 g/mol. The van der Waals surface area contributed by atoms with E-state index in [4.69, 9.17) is 0 Å². The molecule has 6 heteroatoms. The minimum atomic E-state index is 0.746. The van der Waals surface area contributed by atoms with Gasteiger partial charge in [0.05, 0.1) is 5.69 Å². The van der Waals surface area contributed by atoms with Gasteiger partial charge in [-0.3, -0.25) is 0 Å². The quantitative estimate of drug-likeness (QED) is 0.801. The normalized spacial score (nSPS) is 16.0. The fourth-order valence-electron chi connectivity index (χ4n) is 3.25. The van der Waals surface area contributed by atoms with E-state index in [-0.39, 0.29) is 0 Å². The van der Waals surface area contributed by atoms with Gasteiger partial charge in [-0.15, -0.1) is 5.10 Å². The van der Waals surface area contributed by atoms with Crippen LogP contribution >= 0.6 is 0 Å². The van der Waals surface area contributed by atoms with E-state index >= 15 is 0 Å². The average molecular weight is 282 g/mol. The molecular formula is C15H18N6. The molecule has 1 aliphatic rings. The van der Waals surface area contributed by atoms with Gasteiger partial charge in [0.15, 0.2) is 0 Å². The van der Waals surface area contributed by atoms with E-state index in [1.54, 1.807) is 6.33 Å². The Morgan fingerprint density at radius 2 is 2.10 bits per heavy atom. The summed E-state index contributed by atoms with van der Waals surface area (Å²) in [6, 6.07) is 1.99. The van der Waals surface area contributed by atoms with Crippen LogP contribution in [-0.2, 0) is 6.54 Å². The number of hydrogen-bond acceptors (Lipinski definition) is 4. The smallest absolute Gasteiger partial charge is 0.141 e. The lowest BCUT2D eigenvalue weighted by molar-refractivity contribution is 0.416. The number of aromatic nitrogens is 6. The van der Waals surface area contributed by atoms with Crippen molar-refractivity contribution in [2.75, 3.05) is 0 Å². The summed E-state index contributed by atoms with van der Waals surface area (Å²) < 4.78 is 2.03. The van der Waals surface area contributed by atoms with Crippen LogP contribution in [0, 0.1) is 12.8 Å². The summed E-state index contributed by atoms with van der Waals surface area (Å²) in [5.74, 6) is 0.746. The highest BCUT2D eigenvalue weighted by Crippen LogP contribution is 2.29. The molecular weight excluding hydrogens is 264 g/mol. The maximum Gasteiger partial charge on any atom is 0.141 e. The van der Waals surface area contributed by atoms with Crippen LogP contribution in [0.3, 0.4) is 0 Å². The van der Waals surface area contributed by atoms with Gasteiger partial charge >= 0.3 is 0 Å². The molecule has 4 rings (SSSR count). The summed E-state index contributed by atoms with van der Waals surface area (Å²) in [5, 5.41) is 9.70. The molecule has 0 amide bonds. The van der Waals surface area contributed by atoms with Gasteiger partial charge in [-0.2, -0.15) is 0 Å². The summed E-state index contributed by atoms with van der Waals surface area (Å²) in [6.07, 6.45) is 8.77. The molecule has 1 N–H and O–H groups in total. The van der Waals surface area contributed by atoms with E-state index in [0.29, 0.717) is 0 Å². The minimum absolute atomic E-state index is 0.746. The van der Waals surface area contributed by atoms with Crippen molar-refractivity contribution >= 4 is 11.0 Å². The maximum absolute atomic E-state index is 4.41. The Balaban J connectivity index is 1.72. The van der Waals surface area contributed by atoms with Crippen LogP contribution in [0.15, 0.2) is 18.6 Å². The van der Waals surface area contributed by atoms with Gasteiger partial charge in [0.2, 0.25) is 0 Å². The van der Waals surface area contributed by atoms with Crippen LogP contribution < -0.4 is 0 Å². The number of hydrogen-bond donors (Lipinski definition) is 1. The zero-order chi connectivity index (χ0) is 14.2. The van der Waals surface area contributed by atoms with Gasteiger partial charge in [0.1, 0.15) is 23.4 Å². The Morgan fingerprint density at radius 3 is 2.95 bits per heavy atom. The molecule has 0 atom stereocenters. The van der Waals surface area contributed by atoms with Crippen LogP contribution in [0.4, 0.5) is 0 Å². The Kier molecular flexibility index (Phi) is 2.94. The second kappa shape index (κ2) is 4.95. The predicted molar refractivity (Wildman–Crippen MR) is 79.6 cm³/mol. The molecule has 0 bridgehead atoms. The topological polar surface area (TPSA) is 72.3 Å². The Labute approximate surface area is 122 Å². The number of nitrogens with zero attached hydrogens (tertiary/aromatic N) is 5. The second-order valence-electron chi connectivity index (χ2n) is 5.82. The molecule has 6 nitrogen and oxygen atoms in total. The largest absolute Gasteiger partial charge is 0.346 e. The van der Waals surface area contributed by atoms with E-state index in [9.17, 15) is 0 Å². The van der Waals surface area contributed by atoms with Crippen LogP contribution in [0.2, 0.25) is 0 Å². The molecule has 1 aliphatic carbocycles. The third-order valence-corrected chi connectivity index (χ3v) is 4.47. The van der Waals surface area contributed by atoms with E-state index < -0.39 is 0 Å². The van der Waals surface area contributed by atoms with Gasteiger partial charge in [0.25, 0.3) is 0 Å². The molecule has 108 valence electrons. The highest BCUT2D eigenvalue weighted by atomic mass is 15.4. The van der Waals surface area contributed by atoms with Crippen LogP contribution in [0.1, 0.15) is 31.4 Å². The number of aromatic amines is 1. The Hall–Kier alpha value is -2.24. The summed E-state index contributed by atoms with van der Waals surface area (Å²) in [6.45, 7) is 3.05. The number of rotatable bonds is 3. The number of fused-ring (bicyclic) bond motifs is 1. The van der Waals surface area contributed by atoms with Gasteiger partial charge in [-0.05, 0) is 31.7 Å². The van der Waals surface area contributed by atoms with Crippen molar-refractivity contribution < 1.29 is 0 Å². The lowest BCUT2D eigenvalue weighted by atomic mass is 10.1. The first-order valence-corrected chi connectivity index (χ1v) is 7.51. The first-order valence-electron chi connectivity index (χ1n) is 7.51. The molecule has 0 radical (unpaired) electrons. The fourth-order valence-corrected chi connectivity index (χ4v) is 3.25. The van der Waals surface area contributed by atoms with Crippen molar-refractivity contribution in [1.82, 2.24) is 29.9 Å². The van der Waals surface area contributed by atoms with Gasteiger partial charge in [0, 0.05) is 18.1 Å². The first kappa shape index (κ1) is 12.5. The fraction of sp³-hybridized carbons (Fsp3) is 0.467. The van der Waals surface area contributed by atoms with Crippen molar-refractivity contribution in [3.05, 3.63) is 24.3 Å². The van der Waals surface area contributed by atoms with Crippen LogP contribution in [0.25, 0.3) is 22.4 Å². The number of H-pyrrole nitrogens is 1. The lowest BCUT2D eigenvalue weighted by Crippen LogP contribution is -2.10. The summed E-state index contributed by atoms with van der Waals surface area (Å²) in [4.78, 5) is 11.7. The molecule has 0 unspecified atom stereocenters. The number of nitrogens with one attached hydrogen (secondary N) is 1. The summed E-state index contributed by atoms with van der Waals surface area (Å²) in [7, 11) is 0. The Bertz CT molecular complexity index is 765. The molecule has 3 aromatic heterocycles. The summed E-state index contributed by atoms with van der Waals surface area (Å²) >= 11 is 0. The third-order valence-electron chi connectivity index (χ3n) is 4.47. The first-order chi connectivity index (χ1) is 10.3. The van der Waals surface area contributed by atoms with E-state index in [2.05, 4.69) is 32.2 Å². The molecule has 3 heterocycles. The lowest BCUT2D eigenvalue weighted by Gasteiger charge is -2.09. The zero-order valence-corrected chi connectivity index (χ0v) is 12.1. The molecule has 0 spiro atoms. The van der Waals surface area contributed by atoms with Crippen molar-refractivity contribution in [1.29, 1.82) is 0 Å². The summed E-state index contributed by atoms with van der Waals surface area (Å²) in [5.41, 5.74) is 3.64. The second-order valence-corrected chi connectivity index (χ2v) is 5.82. The van der Waals surface area contributed by atoms with E-state index in [0.717, 1.165) is 40.6 Å². The van der Waals surface area contributed by atoms with Gasteiger partial charge in [-0.25, -0.2) is 14.6 Å². The van der Waals surface area contributed by atoms with Gasteiger partial charge in [-0.1, -0.05) is 18.1 Å². The average Bonchev–Trinajstić information content (AvgIpc) is 3.22. The standard InChI is InChI=1S/C15H18N6/c1-10-13(14-12-6-7-16-15(12)18-9-17-14)19-20-21(10)8-11-4-2-3-5-11/h6-7,9,11H,2-5,8H2,1H3,(H,16,17,18). The van der Waals surface area contributed by atoms with Crippen molar-refractivity contribution in [3.8, 4) is 11.4 Å². The van der Waals surface area contributed by atoms with Crippen LogP contribution in [-0.4, -0.2) is 29.9 Å². The van der Waals surface area contributed by atoms with Crippen molar-refractivity contribution in [2.24, 2.45) is 5.92 Å². The van der Waals surface area contributed by atoms with Crippen molar-refractivity contribution in [3.63, 3.8) is 0 Å². The van der Waals surface area contributed by atoms with E-state index in [1.165, 1.54) is 25.7 Å². The molecule has 1 saturated carbocycles. The molecule has 0 saturated heterocycles. The zero-order valence-electron chi connectivity index (χ0n) is 12.1. The highest BCUT2D eigenvalue weighted by Gasteiger charge is 2.20. The van der Waals surface area contributed by atoms with Gasteiger partial charge < -0.3 is 4.98 Å². The third kappa shape index (κ3) is 2.11. The molecule has 21 heavy (non-hydrogen) atoms. The molecule has 1 fully saturated rings. The molecule has 0 aromatic carbocycles. The Morgan fingerprint density at radius 1 is 1.24 bits per heavy atom.